The summed E-state index contributed by atoms with van der Waals surface area (Å²) in [6, 6.07) is 9.43. The van der Waals surface area contributed by atoms with Crippen molar-refractivity contribution in [1.82, 2.24) is 9.80 Å². The van der Waals surface area contributed by atoms with Crippen LogP contribution in [-0.4, -0.2) is 47.8 Å². The van der Waals surface area contributed by atoms with E-state index in [0.717, 1.165) is 11.1 Å². The van der Waals surface area contributed by atoms with E-state index in [-0.39, 0.29) is 18.4 Å². The molecule has 4 heteroatoms. The molecule has 1 aromatic carbocycles. The number of allylic oxidation sites excluding steroid dienone is 1. The second kappa shape index (κ2) is 6.57. The van der Waals surface area contributed by atoms with Crippen LogP contribution in [0, 0.1) is 0 Å². The van der Waals surface area contributed by atoms with Crippen LogP contribution in [0.5, 0.6) is 0 Å². The fourth-order valence-corrected chi connectivity index (χ4v) is 2.48. The molecule has 2 amide bonds. The fourth-order valence-electron chi connectivity index (χ4n) is 2.48. The molecule has 4 nitrogen and oxygen atoms in total. The van der Waals surface area contributed by atoms with E-state index in [1.54, 1.807) is 11.9 Å². The molecular weight excluding hydrogens is 264 g/mol. The van der Waals surface area contributed by atoms with Gasteiger partial charge in [0.15, 0.2) is 0 Å². The average molecular weight is 286 g/mol. The first-order chi connectivity index (χ1) is 9.99. The zero-order chi connectivity index (χ0) is 15.4. The van der Waals surface area contributed by atoms with Gasteiger partial charge in [0.25, 0.3) is 0 Å². The van der Waals surface area contributed by atoms with Gasteiger partial charge in [-0.15, -0.1) is 0 Å². The van der Waals surface area contributed by atoms with Crippen molar-refractivity contribution in [3.8, 4) is 0 Å². The maximum absolute atomic E-state index is 12.4. The molecule has 0 aliphatic carbocycles. The Morgan fingerprint density at radius 3 is 2.52 bits per heavy atom. The van der Waals surface area contributed by atoms with Crippen molar-refractivity contribution >= 4 is 11.8 Å². The Kier molecular flexibility index (Phi) is 4.78. The molecule has 0 bridgehead atoms. The molecule has 1 saturated heterocycles. The quantitative estimate of drug-likeness (QED) is 0.793. The van der Waals surface area contributed by atoms with Gasteiger partial charge in [-0.25, -0.2) is 0 Å². The smallest absolute Gasteiger partial charge is 0.245 e. The Morgan fingerprint density at radius 2 is 1.90 bits per heavy atom. The van der Waals surface area contributed by atoms with E-state index in [2.05, 4.69) is 0 Å². The number of benzene rings is 1. The molecule has 1 aromatic rings. The van der Waals surface area contributed by atoms with Crippen LogP contribution in [0.25, 0.3) is 0 Å². The lowest BCUT2D eigenvalue weighted by Crippen LogP contribution is -2.59. The monoisotopic (exact) mass is 286 g/mol. The van der Waals surface area contributed by atoms with Gasteiger partial charge in [-0.05, 0) is 19.4 Å². The van der Waals surface area contributed by atoms with Crippen LogP contribution < -0.4 is 0 Å². The van der Waals surface area contributed by atoms with Crippen LogP contribution in [0.3, 0.4) is 0 Å². The lowest BCUT2D eigenvalue weighted by atomic mass is 10.0. The van der Waals surface area contributed by atoms with Crippen molar-refractivity contribution in [3.63, 3.8) is 0 Å². The number of carbonyl (C=O) groups is 2. The van der Waals surface area contributed by atoms with Crippen LogP contribution in [0.15, 0.2) is 42.0 Å². The summed E-state index contributed by atoms with van der Waals surface area (Å²) in [7, 11) is 1.69. The molecule has 1 aliphatic heterocycles. The molecule has 2 rings (SSSR count). The summed E-state index contributed by atoms with van der Waals surface area (Å²) in [5.74, 6) is 0.0242. The largest absolute Gasteiger partial charge is 0.335 e. The number of piperazine rings is 1. The first-order valence-corrected chi connectivity index (χ1v) is 7.20. The van der Waals surface area contributed by atoms with Crippen molar-refractivity contribution in [3.05, 3.63) is 47.5 Å². The number of rotatable bonds is 4. The van der Waals surface area contributed by atoms with Gasteiger partial charge in [0.05, 0.1) is 6.54 Å². The van der Waals surface area contributed by atoms with E-state index < -0.39 is 6.04 Å². The van der Waals surface area contributed by atoms with Gasteiger partial charge in [-0.1, -0.05) is 42.0 Å². The lowest BCUT2D eigenvalue weighted by Gasteiger charge is -2.38. The number of hydrogen-bond acceptors (Lipinski definition) is 2. The molecule has 0 unspecified atom stereocenters. The van der Waals surface area contributed by atoms with E-state index in [1.165, 1.54) is 4.90 Å². The summed E-state index contributed by atoms with van der Waals surface area (Å²) in [5.41, 5.74) is 2.22. The van der Waals surface area contributed by atoms with Crippen LogP contribution in [0.2, 0.25) is 0 Å². The number of nitrogens with zero attached hydrogens (tertiary/aromatic N) is 2. The summed E-state index contributed by atoms with van der Waals surface area (Å²) in [5, 5.41) is 0. The molecule has 0 aromatic heterocycles. The highest BCUT2D eigenvalue weighted by Gasteiger charge is 2.36. The summed E-state index contributed by atoms with van der Waals surface area (Å²) < 4.78 is 0. The fraction of sp³-hybridized carbons (Fsp3) is 0.412. The topological polar surface area (TPSA) is 40.6 Å². The normalized spacial score (nSPS) is 18.9. The van der Waals surface area contributed by atoms with Crippen molar-refractivity contribution in [2.45, 2.75) is 26.3 Å². The first-order valence-electron chi connectivity index (χ1n) is 7.20. The number of carbonyl (C=O) groups excluding carboxylic acids is 2. The van der Waals surface area contributed by atoms with Crippen molar-refractivity contribution < 1.29 is 9.59 Å². The molecule has 112 valence electrons. The van der Waals surface area contributed by atoms with Crippen molar-refractivity contribution in [2.75, 3.05) is 20.1 Å². The molecule has 0 radical (unpaired) electrons. The van der Waals surface area contributed by atoms with Crippen LogP contribution in [0.4, 0.5) is 0 Å². The summed E-state index contributed by atoms with van der Waals surface area (Å²) in [6.07, 6.45) is 2.56. The third-order valence-electron chi connectivity index (χ3n) is 3.70. The predicted octanol–water partition coefficient (Wildman–Crippen LogP) is 1.86. The van der Waals surface area contributed by atoms with Gasteiger partial charge in [0.2, 0.25) is 11.8 Å². The van der Waals surface area contributed by atoms with E-state index in [4.69, 9.17) is 0 Å². The Balaban J connectivity index is 2.23. The minimum absolute atomic E-state index is 0.00975. The minimum atomic E-state index is -0.408. The molecular formula is C17H22N2O2. The third kappa shape index (κ3) is 3.72. The molecule has 0 spiro atoms. The van der Waals surface area contributed by atoms with Crippen molar-refractivity contribution in [1.29, 1.82) is 0 Å². The van der Waals surface area contributed by atoms with Crippen LogP contribution in [0.1, 0.15) is 19.4 Å². The molecule has 1 aliphatic rings. The van der Waals surface area contributed by atoms with Crippen LogP contribution >= 0.6 is 0 Å². The Hall–Kier alpha value is -2.10. The summed E-state index contributed by atoms with van der Waals surface area (Å²) in [4.78, 5) is 27.9. The summed E-state index contributed by atoms with van der Waals surface area (Å²) >= 11 is 0. The average Bonchev–Trinajstić information content (AvgIpc) is 2.45. The standard InChI is InChI=1S/C17H22N2O2/c1-13(2)9-10-19-15(11-14-7-5-4-6-8-14)17(21)18(3)12-16(19)20/h4-9,15H,10-12H2,1-3H3/t15-/m0/s1. The maximum Gasteiger partial charge on any atom is 0.245 e. The Morgan fingerprint density at radius 1 is 1.24 bits per heavy atom. The highest BCUT2D eigenvalue weighted by atomic mass is 16.2. The molecule has 21 heavy (non-hydrogen) atoms. The van der Waals surface area contributed by atoms with E-state index in [1.807, 2.05) is 50.3 Å². The van der Waals surface area contributed by atoms with Gasteiger partial charge >= 0.3 is 0 Å². The second-order valence-electron chi connectivity index (χ2n) is 5.73. The second-order valence-corrected chi connectivity index (χ2v) is 5.73. The third-order valence-corrected chi connectivity index (χ3v) is 3.70. The predicted molar refractivity (Wildman–Crippen MR) is 82.7 cm³/mol. The summed E-state index contributed by atoms with van der Waals surface area (Å²) in [6.45, 7) is 4.65. The highest BCUT2D eigenvalue weighted by Crippen LogP contribution is 2.17. The number of amides is 2. The SMILES string of the molecule is CC(C)=CCN1C(=O)CN(C)C(=O)[C@@H]1Cc1ccccc1. The maximum atomic E-state index is 12.4. The molecule has 1 atom stereocenters. The molecule has 0 saturated carbocycles. The Labute approximate surface area is 126 Å². The molecule has 1 fully saturated rings. The van der Waals surface area contributed by atoms with Crippen molar-refractivity contribution in [2.24, 2.45) is 0 Å². The highest BCUT2D eigenvalue weighted by molar-refractivity contribution is 5.95. The van der Waals surface area contributed by atoms with Gasteiger partial charge in [-0.3, -0.25) is 9.59 Å². The van der Waals surface area contributed by atoms with Gasteiger partial charge < -0.3 is 9.80 Å². The number of hydrogen-bond donors (Lipinski definition) is 0. The lowest BCUT2D eigenvalue weighted by molar-refractivity contribution is -0.153. The van der Waals surface area contributed by atoms with Gasteiger partial charge in [0.1, 0.15) is 6.04 Å². The van der Waals surface area contributed by atoms with E-state index >= 15 is 0 Å². The minimum Gasteiger partial charge on any atom is -0.335 e. The zero-order valence-electron chi connectivity index (χ0n) is 12.9. The van der Waals surface area contributed by atoms with Crippen LogP contribution in [-0.2, 0) is 16.0 Å². The molecule has 1 heterocycles. The van der Waals surface area contributed by atoms with Gasteiger partial charge in [-0.2, -0.15) is 0 Å². The number of likely N-dealkylation sites (N-methyl/N-ethyl adjacent to an activating group) is 1. The van der Waals surface area contributed by atoms with E-state index in [9.17, 15) is 9.59 Å². The van der Waals surface area contributed by atoms with E-state index in [0.29, 0.717) is 13.0 Å². The first kappa shape index (κ1) is 15.3. The zero-order valence-corrected chi connectivity index (χ0v) is 12.9. The Bertz CT molecular complexity index is 547. The molecule has 0 N–H and O–H groups in total. The van der Waals surface area contributed by atoms with Gasteiger partial charge in [0, 0.05) is 20.0 Å².